The Kier molecular flexibility index (Phi) is 3.83. The highest BCUT2D eigenvalue weighted by Gasteiger charge is 2.23. The van der Waals surface area contributed by atoms with Crippen LogP contribution in [0.4, 0.5) is 0 Å². The van der Waals surface area contributed by atoms with E-state index in [9.17, 15) is 10.0 Å². The molecule has 0 N–H and O–H groups in total. The van der Waals surface area contributed by atoms with Crippen LogP contribution in [-0.4, -0.2) is 10.8 Å². The van der Waals surface area contributed by atoms with Crippen molar-refractivity contribution in [3.63, 3.8) is 0 Å². The van der Waals surface area contributed by atoms with Crippen molar-refractivity contribution in [2.75, 3.05) is 0 Å². The molecule has 4 heteroatoms. The fourth-order valence-electron chi connectivity index (χ4n) is 2.57. The number of rotatable bonds is 4. The van der Waals surface area contributed by atoms with Gasteiger partial charge in [-0.05, 0) is 25.0 Å². The van der Waals surface area contributed by atoms with Gasteiger partial charge in [0, 0.05) is 12.5 Å². The van der Waals surface area contributed by atoms with E-state index in [1.54, 1.807) is 25.1 Å². The van der Waals surface area contributed by atoms with E-state index in [2.05, 4.69) is 4.98 Å². The fraction of sp³-hybridized carbons (Fsp3) is 0.167. The summed E-state index contributed by atoms with van der Waals surface area (Å²) in [5, 5.41) is 12.5. The summed E-state index contributed by atoms with van der Waals surface area (Å²) in [5.74, 6) is -0.172. The summed E-state index contributed by atoms with van der Waals surface area (Å²) in [7, 11) is 0. The second-order valence-corrected chi connectivity index (χ2v) is 5.24. The summed E-state index contributed by atoms with van der Waals surface area (Å²) in [4.78, 5) is 16.8. The summed E-state index contributed by atoms with van der Waals surface area (Å²) in [5.41, 5.74) is 2.74. The molecule has 2 aromatic carbocycles. The predicted molar refractivity (Wildman–Crippen MR) is 84.5 cm³/mol. The van der Waals surface area contributed by atoms with E-state index in [0.717, 1.165) is 5.56 Å². The van der Waals surface area contributed by atoms with Gasteiger partial charge in [-0.25, -0.2) is 4.98 Å². The second kappa shape index (κ2) is 5.93. The van der Waals surface area contributed by atoms with Crippen LogP contribution >= 0.6 is 0 Å². The molecule has 0 amide bonds. The van der Waals surface area contributed by atoms with Crippen LogP contribution in [0.15, 0.2) is 54.6 Å². The highest BCUT2D eigenvalue weighted by Crippen LogP contribution is 2.13. The van der Waals surface area contributed by atoms with Gasteiger partial charge in [-0.1, -0.05) is 42.5 Å². The number of ketones is 1. The van der Waals surface area contributed by atoms with Crippen molar-refractivity contribution < 1.29 is 9.52 Å². The largest absolute Gasteiger partial charge is 0.618 e. The molecule has 0 atom stereocenters. The number of hydrogen-bond acceptors (Lipinski definition) is 3. The van der Waals surface area contributed by atoms with Crippen LogP contribution < -0.4 is 4.73 Å². The number of carbonyl (C=O) groups excluding carboxylic acids is 1. The van der Waals surface area contributed by atoms with E-state index in [-0.39, 0.29) is 11.5 Å². The number of hydrogen-bond donors (Lipinski definition) is 0. The first-order chi connectivity index (χ1) is 10.7. The standard InChI is InChI=1S/C18H16N2O2/c1-13-18(17(21)12-11-14-7-3-2-4-8-14)20(22)16-10-6-5-9-15(16)19-13/h2-10H,11-12H2,1H3. The lowest BCUT2D eigenvalue weighted by atomic mass is 10.0. The second-order valence-electron chi connectivity index (χ2n) is 5.24. The third-order valence-corrected chi connectivity index (χ3v) is 3.68. The van der Waals surface area contributed by atoms with Gasteiger partial charge >= 0.3 is 0 Å². The average molecular weight is 292 g/mol. The topological polar surface area (TPSA) is 56.9 Å². The van der Waals surface area contributed by atoms with Crippen molar-refractivity contribution >= 4 is 16.8 Å². The van der Waals surface area contributed by atoms with Crippen LogP contribution in [-0.2, 0) is 6.42 Å². The minimum atomic E-state index is -0.172. The maximum Gasteiger partial charge on any atom is 0.281 e. The normalized spacial score (nSPS) is 10.8. The molecule has 0 fully saturated rings. The first-order valence-electron chi connectivity index (χ1n) is 7.23. The number of benzene rings is 2. The molecule has 0 radical (unpaired) electrons. The molecule has 0 bridgehead atoms. The van der Waals surface area contributed by atoms with Gasteiger partial charge in [0.05, 0.1) is 0 Å². The van der Waals surface area contributed by atoms with Crippen molar-refractivity contribution in [1.82, 2.24) is 4.98 Å². The van der Waals surface area contributed by atoms with Crippen molar-refractivity contribution in [2.45, 2.75) is 19.8 Å². The van der Waals surface area contributed by atoms with E-state index < -0.39 is 0 Å². The summed E-state index contributed by atoms with van der Waals surface area (Å²) >= 11 is 0. The molecule has 4 nitrogen and oxygen atoms in total. The number of fused-ring (bicyclic) bond motifs is 1. The molecule has 110 valence electrons. The van der Waals surface area contributed by atoms with Crippen LogP contribution in [0.2, 0.25) is 0 Å². The number of nitrogens with zero attached hydrogens (tertiary/aromatic N) is 2. The van der Waals surface area contributed by atoms with Gasteiger partial charge in [0.2, 0.25) is 11.3 Å². The molecule has 0 unspecified atom stereocenters. The molecular formula is C18H16N2O2. The van der Waals surface area contributed by atoms with Gasteiger partial charge in [0.1, 0.15) is 11.2 Å². The fourth-order valence-corrected chi connectivity index (χ4v) is 2.57. The third-order valence-electron chi connectivity index (χ3n) is 3.68. The van der Waals surface area contributed by atoms with Gasteiger partial charge in [-0.3, -0.25) is 4.79 Å². The lowest BCUT2D eigenvalue weighted by molar-refractivity contribution is -0.580. The van der Waals surface area contributed by atoms with Gasteiger partial charge in [-0.15, -0.1) is 0 Å². The number of carbonyl (C=O) groups is 1. The van der Waals surface area contributed by atoms with Gasteiger partial charge < -0.3 is 5.21 Å². The van der Waals surface area contributed by atoms with E-state index >= 15 is 0 Å². The third kappa shape index (κ3) is 2.68. The molecule has 0 aliphatic heterocycles. The van der Waals surface area contributed by atoms with Gasteiger partial charge in [-0.2, -0.15) is 4.73 Å². The summed E-state index contributed by atoms with van der Waals surface area (Å²) in [6.07, 6.45) is 0.916. The Hall–Kier alpha value is -2.75. The number of aromatic nitrogens is 2. The van der Waals surface area contributed by atoms with Crippen LogP contribution in [0.25, 0.3) is 11.0 Å². The predicted octanol–water partition coefficient (Wildman–Crippen LogP) is 2.99. The Morgan fingerprint density at radius 2 is 1.77 bits per heavy atom. The molecule has 22 heavy (non-hydrogen) atoms. The van der Waals surface area contributed by atoms with E-state index in [1.165, 1.54) is 0 Å². The molecular weight excluding hydrogens is 276 g/mol. The molecule has 3 rings (SSSR count). The first kappa shape index (κ1) is 14.2. The molecule has 0 spiro atoms. The maximum absolute atomic E-state index is 12.5. The van der Waals surface area contributed by atoms with Crippen molar-refractivity contribution in [3.05, 3.63) is 76.8 Å². The zero-order chi connectivity index (χ0) is 15.5. The monoisotopic (exact) mass is 292 g/mol. The highest BCUT2D eigenvalue weighted by atomic mass is 16.5. The number of aryl methyl sites for hydroxylation is 2. The Morgan fingerprint density at radius 1 is 1.09 bits per heavy atom. The lowest BCUT2D eigenvalue weighted by Gasteiger charge is -2.09. The number of para-hydroxylation sites is 2. The molecule has 1 heterocycles. The van der Waals surface area contributed by atoms with Gasteiger partial charge in [0.25, 0.3) is 5.69 Å². The van der Waals surface area contributed by atoms with Crippen molar-refractivity contribution in [1.29, 1.82) is 0 Å². The van der Waals surface area contributed by atoms with Crippen molar-refractivity contribution in [3.8, 4) is 0 Å². The number of Topliss-reactive ketones (excluding diaryl/α,β-unsaturated/α-hetero) is 1. The molecule has 1 aromatic heterocycles. The minimum Gasteiger partial charge on any atom is -0.618 e. The summed E-state index contributed by atoms with van der Waals surface area (Å²) in [6, 6.07) is 16.8. The average Bonchev–Trinajstić information content (AvgIpc) is 2.54. The first-order valence-corrected chi connectivity index (χ1v) is 7.23. The molecule has 0 aliphatic rings. The molecule has 0 saturated carbocycles. The zero-order valence-corrected chi connectivity index (χ0v) is 12.3. The van der Waals surface area contributed by atoms with Crippen LogP contribution in [0, 0.1) is 12.1 Å². The maximum atomic E-state index is 12.5. The van der Waals surface area contributed by atoms with Crippen molar-refractivity contribution in [2.24, 2.45) is 0 Å². The van der Waals surface area contributed by atoms with Crippen LogP contribution in [0.5, 0.6) is 0 Å². The molecule has 0 saturated heterocycles. The molecule has 0 aliphatic carbocycles. The van der Waals surface area contributed by atoms with Gasteiger partial charge in [0.15, 0.2) is 0 Å². The quantitative estimate of drug-likeness (QED) is 0.422. The zero-order valence-electron chi connectivity index (χ0n) is 12.3. The lowest BCUT2D eigenvalue weighted by Crippen LogP contribution is -2.37. The Morgan fingerprint density at radius 3 is 2.55 bits per heavy atom. The van der Waals surface area contributed by atoms with Crippen LogP contribution in [0.1, 0.15) is 28.2 Å². The highest BCUT2D eigenvalue weighted by molar-refractivity contribution is 5.94. The minimum absolute atomic E-state index is 0.148. The SMILES string of the molecule is Cc1nc2ccccc2[n+]([O-])c1C(=O)CCc1ccccc1. The van der Waals surface area contributed by atoms with E-state index in [4.69, 9.17) is 0 Å². The van der Waals surface area contributed by atoms with E-state index in [1.807, 2.05) is 36.4 Å². The molecule has 3 aromatic rings. The van der Waals surface area contributed by atoms with Crippen LogP contribution in [0.3, 0.4) is 0 Å². The van der Waals surface area contributed by atoms with E-state index in [0.29, 0.717) is 34.3 Å². The Bertz CT molecular complexity index is 829. The summed E-state index contributed by atoms with van der Waals surface area (Å²) < 4.78 is 0.713. The Labute approximate surface area is 128 Å². The smallest absolute Gasteiger partial charge is 0.281 e. The summed E-state index contributed by atoms with van der Waals surface area (Å²) in [6.45, 7) is 1.70. The Balaban J connectivity index is 1.90.